The minimum Gasteiger partial charge on any atom is -0.466 e. The maximum Gasteiger partial charge on any atom is 0.311 e. The van der Waals surface area contributed by atoms with Crippen LogP contribution < -0.4 is 15.5 Å². The van der Waals surface area contributed by atoms with Crippen LogP contribution in [0.1, 0.15) is 24.5 Å². The van der Waals surface area contributed by atoms with Crippen LogP contribution in [0.5, 0.6) is 0 Å². The molecule has 0 aliphatic carbocycles. The van der Waals surface area contributed by atoms with E-state index in [1.807, 2.05) is 13.8 Å². The molecule has 2 aromatic rings. The number of nitrogens with zero attached hydrogens (tertiary/aromatic N) is 1. The van der Waals surface area contributed by atoms with Gasteiger partial charge in [-0.3, -0.25) is 19.3 Å². The number of carbonyl (C=O) groups is 3. The second-order valence-corrected chi connectivity index (χ2v) is 7.33. The molecule has 2 aromatic carbocycles. The highest BCUT2D eigenvalue weighted by atomic mass is 19.1. The first-order chi connectivity index (χ1) is 15.2. The standard InChI is InChI=1S/C23H23F2N3O4/c1-4-32-23(31)11-16-10-22(30)28(20-8-14(3)13(2)7-19(20)26-16)12-21(29)27-18-9-15(24)5-6-17(18)25/h5-10,26H,4,11-12H2,1-3H3,(H,27,29). The van der Waals surface area contributed by atoms with Gasteiger partial charge in [0.2, 0.25) is 5.91 Å². The monoisotopic (exact) mass is 443 g/mol. The zero-order valence-electron chi connectivity index (χ0n) is 17.9. The second-order valence-electron chi connectivity index (χ2n) is 7.33. The summed E-state index contributed by atoms with van der Waals surface area (Å²) in [7, 11) is 0. The van der Waals surface area contributed by atoms with Gasteiger partial charge in [-0.15, -0.1) is 0 Å². The first-order valence-corrected chi connectivity index (χ1v) is 9.98. The Bertz CT molecular complexity index is 1110. The molecule has 32 heavy (non-hydrogen) atoms. The van der Waals surface area contributed by atoms with Crippen LogP contribution in [0.4, 0.5) is 25.8 Å². The molecule has 9 heteroatoms. The average Bonchev–Trinajstić information content (AvgIpc) is 2.82. The molecule has 0 bridgehead atoms. The average molecular weight is 443 g/mol. The van der Waals surface area contributed by atoms with Gasteiger partial charge in [0.1, 0.15) is 18.2 Å². The van der Waals surface area contributed by atoms with Crippen LogP contribution in [0.15, 0.2) is 42.1 Å². The highest BCUT2D eigenvalue weighted by molar-refractivity contribution is 6.10. The van der Waals surface area contributed by atoms with Gasteiger partial charge in [-0.1, -0.05) is 0 Å². The third-order valence-electron chi connectivity index (χ3n) is 4.91. The Morgan fingerprint density at radius 3 is 2.56 bits per heavy atom. The SMILES string of the molecule is CCOC(=O)CC1=CC(=O)N(CC(=O)Nc2cc(F)ccc2F)c2cc(C)c(C)cc2N1. The molecule has 0 unspecified atom stereocenters. The lowest BCUT2D eigenvalue weighted by molar-refractivity contribution is -0.142. The topological polar surface area (TPSA) is 87.7 Å². The van der Waals surface area contributed by atoms with Gasteiger partial charge in [-0.05, 0) is 56.2 Å². The number of amides is 2. The van der Waals surface area contributed by atoms with Crippen molar-refractivity contribution < 1.29 is 27.9 Å². The highest BCUT2D eigenvalue weighted by Gasteiger charge is 2.26. The van der Waals surface area contributed by atoms with Crippen molar-refractivity contribution in [1.29, 1.82) is 0 Å². The number of aryl methyl sites for hydroxylation is 2. The summed E-state index contributed by atoms with van der Waals surface area (Å²) in [5.74, 6) is -3.27. The number of rotatable bonds is 6. The van der Waals surface area contributed by atoms with E-state index in [9.17, 15) is 23.2 Å². The van der Waals surface area contributed by atoms with E-state index >= 15 is 0 Å². The fourth-order valence-corrected chi connectivity index (χ4v) is 3.23. The Kier molecular flexibility index (Phi) is 6.87. The normalized spacial score (nSPS) is 13.0. The summed E-state index contributed by atoms with van der Waals surface area (Å²) < 4.78 is 32.3. The first kappa shape index (κ1) is 22.9. The van der Waals surface area contributed by atoms with E-state index in [4.69, 9.17) is 4.74 Å². The van der Waals surface area contributed by atoms with Crippen molar-refractivity contribution in [2.24, 2.45) is 0 Å². The van der Waals surface area contributed by atoms with Crippen molar-refractivity contribution >= 4 is 34.8 Å². The Balaban J connectivity index is 1.91. The number of halogens is 2. The largest absolute Gasteiger partial charge is 0.466 e. The van der Waals surface area contributed by atoms with Crippen molar-refractivity contribution in [3.63, 3.8) is 0 Å². The Hall–Kier alpha value is -3.75. The van der Waals surface area contributed by atoms with E-state index < -0.39 is 36.0 Å². The summed E-state index contributed by atoms with van der Waals surface area (Å²) in [6, 6.07) is 6.24. The van der Waals surface area contributed by atoms with Gasteiger partial charge < -0.3 is 15.4 Å². The third-order valence-corrected chi connectivity index (χ3v) is 4.91. The lowest BCUT2D eigenvalue weighted by Crippen LogP contribution is -2.37. The predicted octanol–water partition coefficient (Wildman–Crippen LogP) is 3.82. The van der Waals surface area contributed by atoms with Gasteiger partial charge in [0.25, 0.3) is 5.91 Å². The van der Waals surface area contributed by atoms with Crippen LogP contribution in [0, 0.1) is 25.5 Å². The highest BCUT2D eigenvalue weighted by Crippen LogP contribution is 2.33. The zero-order chi connectivity index (χ0) is 23.4. The molecule has 0 fully saturated rings. The molecule has 0 atom stereocenters. The fraction of sp³-hybridized carbons (Fsp3) is 0.261. The van der Waals surface area contributed by atoms with Gasteiger partial charge in [0, 0.05) is 17.8 Å². The third kappa shape index (κ3) is 5.29. The molecule has 0 spiro atoms. The number of esters is 1. The molecule has 2 amide bonds. The number of fused-ring (bicyclic) bond motifs is 1. The van der Waals surface area contributed by atoms with Crippen LogP contribution in [0.3, 0.4) is 0 Å². The zero-order valence-corrected chi connectivity index (χ0v) is 17.9. The van der Waals surface area contributed by atoms with Gasteiger partial charge >= 0.3 is 5.97 Å². The van der Waals surface area contributed by atoms with Crippen molar-refractivity contribution in [2.75, 3.05) is 28.7 Å². The lowest BCUT2D eigenvalue weighted by atomic mass is 10.1. The molecule has 1 aliphatic rings. The van der Waals surface area contributed by atoms with E-state index in [1.54, 1.807) is 19.1 Å². The molecule has 1 aliphatic heterocycles. The number of benzene rings is 2. The van der Waals surface area contributed by atoms with Crippen LogP contribution >= 0.6 is 0 Å². The van der Waals surface area contributed by atoms with E-state index in [1.165, 1.54) is 11.0 Å². The van der Waals surface area contributed by atoms with Gasteiger partial charge in [-0.25, -0.2) is 8.78 Å². The molecule has 0 saturated carbocycles. The maximum absolute atomic E-state index is 13.9. The summed E-state index contributed by atoms with van der Waals surface area (Å²) >= 11 is 0. The second kappa shape index (κ2) is 9.59. The number of hydrogen-bond acceptors (Lipinski definition) is 5. The van der Waals surface area contributed by atoms with Crippen LogP contribution in [0.25, 0.3) is 0 Å². The van der Waals surface area contributed by atoms with Crippen molar-refractivity contribution in [2.45, 2.75) is 27.2 Å². The molecule has 168 valence electrons. The minimum atomic E-state index is -0.799. The summed E-state index contributed by atoms with van der Waals surface area (Å²) in [5.41, 5.74) is 2.76. The fourth-order valence-electron chi connectivity index (χ4n) is 3.23. The number of nitrogens with one attached hydrogen (secondary N) is 2. The molecule has 0 radical (unpaired) electrons. The molecule has 7 nitrogen and oxygen atoms in total. The number of ether oxygens (including phenoxy) is 1. The van der Waals surface area contributed by atoms with E-state index in [2.05, 4.69) is 10.6 Å². The lowest BCUT2D eigenvalue weighted by Gasteiger charge is -2.23. The van der Waals surface area contributed by atoms with Crippen molar-refractivity contribution in [3.05, 3.63) is 64.9 Å². The molecule has 0 aromatic heterocycles. The van der Waals surface area contributed by atoms with Crippen molar-refractivity contribution in [3.8, 4) is 0 Å². The van der Waals surface area contributed by atoms with Crippen LogP contribution in [-0.4, -0.2) is 30.9 Å². The van der Waals surface area contributed by atoms with E-state index in [0.717, 1.165) is 29.3 Å². The number of carbonyl (C=O) groups excluding carboxylic acids is 3. The van der Waals surface area contributed by atoms with Crippen LogP contribution in [-0.2, 0) is 19.1 Å². The summed E-state index contributed by atoms with van der Waals surface area (Å²) in [6.45, 7) is 5.19. The molecular formula is C23H23F2N3O4. The molecular weight excluding hydrogens is 420 g/mol. The Labute approximate surface area is 184 Å². The summed E-state index contributed by atoms with van der Waals surface area (Å²) in [4.78, 5) is 38.7. The molecule has 1 heterocycles. The minimum absolute atomic E-state index is 0.152. The number of hydrogen-bond donors (Lipinski definition) is 2. The molecule has 0 saturated heterocycles. The van der Waals surface area contributed by atoms with Gasteiger partial charge in [0.05, 0.1) is 30.1 Å². The first-order valence-electron chi connectivity index (χ1n) is 9.98. The molecule has 2 N–H and O–H groups in total. The van der Waals surface area contributed by atoms with Crippen molar-refractivity contribution in [1.82, 2.24) is 0 Å². The smallest absolute Gasteiger partial charge is 0.311 e. The maximum atomic E-state index is 13.9. The van der Waals surface area contributed by atoms with Gasteiger partial charge in [-0.2, -0.15) is 0 Å². The summed E-state index contributed by atoms with van der Waals surface area (Å²) in [6.07, 6.45) is 1.07. The van der Waals surface area contributed by atoms with E-state index in [-0.39, 0.29) is 18.7 Å². The Morgan fingerprint density at radius 2 is 1.84 bits per heavy atom. The number of anilines is 3. The molecule has 3 rings (SSSR count). The predicted molar refractivity (Wildman–Crippen MR) is 116 cm³/mol. The Morgan fingerprint density at radius 1 is 1.12 bits per heavy atom. The van der Waals surface area contributed by atoms with Gasteiger partial charge in [0.15, 0.2) is 0 Å². The van der Waals surface area contributed by atoms with E-state index in [0.29, 0.717) is 17.1 Å². The summed E-state index contributed by atoms with van der Waals surface area (Å²) in [5, 5.41) is 5.37. The van der Waals surface area contributed by atoms with Crippen LogP contribution in [0.2, 0.25) is 0 Å². The quantitative estimate of drug-likeness (QED) is 0.663.